The van der Waals surface area contributed by atoms with Crippen molar-refractivity contribution >= 4 is 17.8 Å². The van der Waals surface area contributed by atoms with Crippen molar-refractivity contribution in [2.75, 3.05) is 33.9 Å². The van der Waals surface area contributed by atoms with Crippen molar-refractivity contribution in [1.29, 1.82) is 0 Å². The fourth-order valence-corrected chi connectivity index (χ4v) is 2.30. The lowest BCUT2D eigenvalue weighted by atomic mass is 9.98. The SMILES string of the molecule is COC(=O)CN(CC(=O)OC)C(=O)COc1ccc(C(C)C)c(C)c1. The molecular weight excluding hydrogens is 326 g/mol. The number of ether oxygens (including phenoxy) is 3. The fourth-order valence-electron chi connectivity index (χ4n) is 2.30. The lowest BCUT2D eigenvalue weighted by Crippen LogP contribution is -2.42. The highest BCUT2D eigenvalue weighted by Gasteiger charge is 2.21. The summed E-state index contributed by atoms with van der Waals surface area (Å²) in [5.74, 6) is -0.831. The third-order valence-electron chi connectivity index (χ3n) is 3.67. The van der Waals surface area contributed by atoms with Gasteiger partial charge in [0.2, 0.25) is 0 Å². The maximum absolute atomic E-state index is 12.3. The number of hydrogen-bond donors (Lipinski definition) is 0. The van der Waals surface area contributed by atoms with Gasteiger partial charge < -0.3 is 19.1 Å². The summed E-state index contributed by atoms with van der Waals surface area (Å²) in [5.41, 5.74) is 2.28. The van der Waals surface area contributed by atoms with Crippen LogP contribution in [0.4, 0.5) is 0 Å². The van der Waals surface area contributed by atoms with Crippen LogP contribution >= 0.6 is 0 Å². The van der Waals surface area contributed by atoms with E-state index in [9.17, 15) is 14.4 Å². The van der Waals surface area contributed by atoms with Gasteiger partial charge in [0, 0.05) is 0 Å². The average molecular weight is 351 g/mol. The highest BCUT2D eigenvalue weighted by atomic mass is 16.5. The molecule has 0 saturated heterocycles. The molecule has 138 valence electrons. The van der Waals surface area contributed by atoms with Crippen LogP contribution in [0.5, 0.6) is 5.75 Å². The van der Waals surface area contributed by atoms with Crippen molar-refractivity contribution in [1.82, 2.24) is 4.90 Å². The van der Waals surface area contributed by atoms with E-state index in [1.165, 1.54) is 19.8 Å². The largest absolute Gasteiger partial charge is 0.484 e. The van der Waals surface area contributed by atoms with Gasteiger partial charge >= 0.3 is 11.9 Å². The van der Waals surface area contributed by atoms with E-state index in [-0.39, 0.29) is 19.7 Å². The van der Waals surface area contributed by atoms with Gasteiger partial charge in [0.25, 0.3) is 5.91 Å². The van der Waals surface area contributed by atoms with E-state index >= 15 is 0 Å². The van der Waals surface area contributed by atoms with Crippen LogP contribution < -0.4 is 4.74 Å². The second-order valence-electron chi connectivity index (χ2n) is 5.86. The molecule has 7 nitrogen and oxygen atoms in total. The Morgan fingerprint density at radius 3 is 2.04 bits per heavy atom. The molecule has 0 unspecified atom stereocenters. The zero-order valence-electron chi connectivity index (χ0n) is 15.3. The van der Waals surface area contributed by atoms with Gasteiger partial charge in [0.1, 0.15) is 18.8 Å². The summed E-state index contributed by atoms with van der Waals surface area (Å²) in [7, 11) is 2.41. The van der Waals surface area contributed by atoms with Crippen LogP contribution in [-0.2, 0) is 23.9 Å². The van der Waals surface area contributed by atoms with Crippen molar-refractivity contribution in [2.24, 2.45) is 0 Å². The number of carbonyl (C=O) groups is 3. The van der Waals surface area contributed by atoms with E-state index in [1.54, 1.807) is 6.07 Å². The molecule has 0 aliphatic carbocycles. The number of aryl methyl sites for hydroxylation is 1. The second kappa shape index (κ2) is 9.66. The van der Waals surface area contributed by atoms with Crippen LogP contribution in [0.2, 0.25) is 0 Å². The highest BCUT2D eigenvalue weighted by molar-refractivity contribution is 5.86. The number of amides is 1. The Labute approximate surface area is 147 Å². The Morgan fingerprint density at radius 1 is 1.04 bits per heavy atom. The minimum absolute atomic E-state index is 0.297. The third kappa shape index (κ3) is 6.45. The van der Waals surface area contributed by atoms with Crippen LogP contribution in [0.15, 0.2) is 18.2 Å². The highest BCUT2D eigenvalue weighted by Crippen LogP contribution is 2.23. The first kappa shape index (κ1) is 20.5. The van der Waals surface area contributed by atoms with Crippen LogP contribution in [0, 0.1) is 6.92 Å². The van der Waals surface area contributed by atoms with Crippen LogP contribution in [0.25, 0.3) is 0 Å². The fraction of sp³-hybridized carbons (Fsp3) is 0.500. The van der Waals surface area contributed by atoms with Gasteiger partial charge in [0.05, 0.1) is 14.2 Å². The molecule has 7 heteroatoms. The molecule has 0 N–H and O–H groups in total. The molecular formula is C18H25NO6. The van der Waals surface area contributed by atoms with Crippen molar-refractivity contribution in [3.63, 3.8) is 0 Å². The van der Waals surface area contributed by atoms with Crippen molar-refractivity contribution in [3.8, 4) is 5.75 Å². The van der Waals surface area contributed by atoms with E-state index < -0.39 is 17.8 Å². The average Bonchev–Trinajstić information content (AvgIpc) is 2.58. The molecule has 1 aromatic carbocycles. The number of nitrogens with zero attached hydrogens (tertiary/aromatic N) is 1. The zero-order chi connectivity index (χ0) is 19.0. The molecule has 0 saturated carbocycles. The lowest BCUT2D eigenvalue weighted by Gasteiger charge is -2.20. The Morgan fingerprint density at radius 2 is 1.60 bits per heavy atom. The van der Waals surface area contributed by atoms with Crippen molar-refractivity contribution in [3.05, 3.63) is 29.3 Å². The third-order valence-corrected chi connectivity index (χ3v) is 3.67. The zero-order valence-corrected chi connectivity index (χ0v) is 15.3. The van der Waals surface area contributed by atoms with Gasteiger partial charge in [-0.3, -0.25) is 14.4 Å². The molecule has 0 aromatic heterocycles. The molecule has 1 aromatic rings. The normalized spacial score (nSPS) is 10.3. The van der Waals surface area contributed by atoms with Crippen molar-refractivity contribution < 1.29 is 28.6 Å². The molecule has 0 aliphatic heterocycles. The van der Waals surface area contributed by atoms with Gasteiger partial charge in [0.15, 0.2) is 6.61 Å². The van der Waals surface area contributed by atoms with Gasteiger partial charge in [-0.05, 0) is 36.1 Å². The summed E-state index contributed by atoms with van der Waals surface area (Å²) in [5, 5.41) is 0. The Balaban J connectivity index is 2.74. The van der Waals surface area contributed by atoms with Gasteiger partial charge in [-0.15, -0.1) is 0 Å². The topological polar surface area (TPSA) is 82.1 Å². The minimum Gasteiger partial charge on any atom is -0.484 e. The summed E-state index contributed by atoms with van der Waals surface area (Å²) in [6.45, 7) is 5.19. The monoisotopic (exact) mass is 351 g/mol. The smallest absolute Gasteiger partial charge is 0.325 e. The number of rotatable bonds is 8. The summed E-state index contributed by atoms with van der Waals surface area (Å²) in [4.78, 5) is 36.1. The predicted molar refractivity (Wildman–Crippen MR) is 91.4 cm³/mol. The molecule has 0 spiro atoms. The maximum Gasteiger partial charge on any atom is 0.325 e. The van der Waals surface area contributed by atoms with Crippen LogP contribution in [-0.4, -0.2) is 56.7 Å². The Kier molecular flexibility index (Phi) is 7.91. The summed E-state index contributed by atoms with van der Waals surface area (Å²) >= 11 is 0. The molecule has 0 radical (unpaired) electrons. The molecule has 0 fully saturated rings. The molecule has 0 aliphatic rings. The molecule has 25 heavy (non-hydrogen) atoms. The Hall–Kier alpha value is -2.57. The van der Waals surface area contributed by atoms with Crippen LogP contribution in [0.1, 0.15) is 30.9 Å². The first-order valence-electron chi connectivity index (χ1n) is 7.93. The van der Waals surface area contributed by atoms with Gasteiger partial charge in [-0.1, -0.05) is 19.9 Å². The molecule has 0 bridgehead atoms. The maximum atomic E-state index is 12.3. The number of esters is 2. The first-order chi connectivity index (χ1) is 11.8. The summed E-state index contributed by atoms with van der Waals surface area (Å²) in [6.07, 6.45) is 0. The number of methoxy groups -OCH3 is 2. The van der Waals surface area contributed by atoms with Gasteiger partial charge in [-0.25, -0.2) is 0 Å². The quantitative estimate of drug-likeness (QED) is 0.663. The number of benzene rings is 1. The number of hydrogen-bond acceptors (Lipinski definition) is 6. The summed E-state index contributed by atoms with van der Waals surface area (Å²) < 4.78 is 14.6. The predicted octanol–water partition coefficient (Wildman–Crippen LogP) is 1.67. The van der Waals surface area contributed by atoms with Crippen molar-refractivity contribution in [2.45, 2.75) is 26.7 Å². The van der Waals surface area contributed by atoms with E-state index in [4.69, 9.17) is 4.74 Å². The lowest BCUT2D eigenvalue weighted by molar-refractivity contribution is -0.152. The van der Waals surface area contributed by atoms with Crippen LogP contribution in [0.3, 0.4) is 0 Å². The Bertz CT molecular complexity index is 608. The minimum atomic E-state index is -0.630. The number of carbonyl (C=O) groups excluding carboxylic acids is 3. The summed E-state index contributed by atoms with van der Waals surface area (Å²) in [6, 6.07) is 5.61. The van der Waals surface area contributed by atoms with E-state index in [0.29, 0.717) is 11.7 Å². The van der Waals surface area contributed by atoms with E-state index in [0.717, 1.165) is 10.5 Å². The molecule has 1 rings (SSSR count). The second-order valence-corrected chi connectivity index (χ2v) is 5.86. The first-order valence-corrected chi connectivity index (χ1v) is 7.93. The molecule has 1 amide bonds. The van der Waals surface area contributed by atoms with E-state index in [1.807, 2.05) is 19.1 Å². The van der Waals surface area contributed by atoms with Gasteiger partial charge in [-0.2, -0.15) is 0 Å². The standard InChI is InChI=1S/C18H25NO6/c1-12(2)15-7-6-14(8-13(15)3)25-11-16(20)19(9-17(21)23-4)10-18(22)24-5/h6-8,12H,9-11H2,1-5H3. The molecule has 0 atom stereocenters. The van der Waals surface area contributed by atoms with E-state index in [2.05, 4.69) is 23.3 Å². The molecule has 0 heterocycles.